The van der Waals surface area contributed by atoms with Gasteiger partial charge in [-0.1, -0.05) is 146 Å². The maximum atomic E-state index is 5.25. The van der Waals surface area contributed by atoms with Crippen molar-refractivity contribution in [1.29, 1.82) is 0 Å². The summed E-state index contributed by atoms with van der Waals surface area (Å²) < 4.78 is 2.61. The summed E-state index contributed by atoms with van der Waals surface area (Å²) in [6.07, 6.45) is 0. The first-order valence-corrected chi connectivity index (χ1v) is 18.2. The molecule has 0 atom stereocenters. The normalized spacial score (nSPS) is 13.0. The van der Waals surface area contributed by atoms with E-state index >= 15 is 0 Å². The zero-order valence-electron chi connectivity index (χ0n) is 28.0. The molecule has 2 aromatic heterocycles. The van der Waals surface area contributed by atoms with Gasteiger partial charge in [0.25, 0.3) is 0 Å². The maximum absolute atomic E-state index is 5.25. The molecule has 2 heterocycles. The lowest BCUT2D eigenvalue weighted by molar-refractivity contribution is 0.714. The van der Waals surface area contributed by atoms with Crippen LogP contribution in [0.1, 0.15) is 23.6 Å². The number of nitrogens with zero attached hydrogens (tertiary/aromatic N) is 2. The van der Waals surface area contributed by atoms with Crippen molar-refractivity contribution >= 4 is 31.5 Å². The van der Waals surface area contributed by atoms with Gasteiger partial charge >= 0.3 is 0 Å². The molecule has 10 rings (SSSR count). The van der Waals surface area contributed by atoms with Gasteiger partial charge < -0.3 is 0 Å². The Kier molecular flexibility index (Phi) is 6.83. The number of thiophene rings is 1. The number of aromatic nitrogens is 2. The van der Waals surface area contributed by atoms with E-state index in [4.69, 9.17) is 9.97 Å². The van der Waals surface area contributed by atoms with E-state index in [0.717, 1.165) is 33.6 Å². The number of hydrogen-bond donors (Lipinski definition) is 0. The van der Waals surface area contributed by atoms with Gasteiger partial charge in [0.1, 0.15) is 0 Å². The van der Waals surface area contributed by atoms with Gasteiger partial charge in [0.2, 0.25) is 0 Å². The molecule has 0 aliphatic heterocycles. The van der Waals surface area contributed by atoms with Crippen molar-refractivity contribution in [2.45, 2.75) is 12.3 Å². The minimum Gasteiger partial charge on any atom is -0.228 e. The number of benzene rings is 7. The van der Waals surface area contributed by atoms with Crippen LogP contribution in [-0.2, 0) is 5.41 Å². The van der Waals surface area contributed by atoms with Gasteiger partial charge in [-0.15, -0.1) is 11.3 Å². The van der Waals surface area contributed by atoms with Crippen molar-refractivity contribution < 1.29 is 0 Å². The van der Waals surface area contributed by atoms with E-state index < -0.39 is 0 Å². The van der Waals surface area contributed by atoms with Crippen LogP contribution in [-0.4, -0.2) is 9.97 Å². The van der Waals surface area contributed by atoms with Gasteiger partial charge in [-0.2, -0.15) is 0 Å². The van der Waals surface area contributed by atoms with Crippen molar-refractivity contribution in [1.82, 2.24) is 9.97 Å². The second-order valence-corrected chi connectivity index (χ2v) is 14.6. The third kappa shape index (κ3) is 4.77. The second-order valence-electron chi connectivity index (χ2n) is 13.5. The first kappa shape index (κ1) is 29.7. The molecule has 1 aliphatic carbocycles. The van der Waals surface area contributed by atoms with E-state index in [1.165, 1.54) is 53.6 Å². The molecule has 2 nitrogen and oxygen atoms in total. The third-order valence-corrected chi connectivity index (χ3v) is 11.8. The summed E-state index contributed by atoms with van der Waals surface area (Å²) in [5.41, 5.74) is 13.5. The highest BCUT2D eigenvalue weighted by atomic mass is 32.1. The Morgan fingerprint density at radius 3 is 1.80 bits per heavy atom. The Balaban J connectivity index is 1.15. The molecule has 0 N–H and O–H groups in total. The molecular formula is C48H32N2S. The van der Waals surface area contributed by atoms with Crippen LogP contribution < -0.4 is 0 Å². The Bertz CT molecular complexity index is 2730. The molecule has 7 aromatic carbocycles. The summed E-state index contributed by atoms with van der Waals surface area (Å²) in [4.78, 5) is 10.5. The molecule has 0 saturated carbocycles. The predicted octanol–water partition coefficient (Wildman–Crippen LogP) is 12.8. The summed E-state index contributed by atoms with van der Waals surface area (Å²) in [6, 6.07) is 63.3. The van der Waals surface area contributed by atoms with Crippen LogP contribution in [0.5, 0.6) is 0 Å². The van der Waals surface area contributed by atoms with Crippen LogP contribution in [0.4, 0.5) is 0 Å². The Morgan fingerprint density at radius 2 is 1.02 bits per heavy atom. The van der Waals surface area contributed by atoms with E-state index in [1.54, 1.807) is 0 Å². The van der Waals surface area contributed by atoms with Gasteiger partial charge in [0.05, 0.1) is 11.4 Å². The maximum Gasteiger partial charge on any atom is 0.160 e. The summed E-state index contributed by atoms with van der Waals surface area (Å²) in [5, 5.41) is 2.59. The highest BCUT2D eigenvalue weighted by molar-refractivity contribution is 7.25. The molecule has 0 saturated heterocycles. The van der Waals surface area contributed by atoms with Gasteiger partial charge in [-0.3, -0.25) is 0 Å². The molecule has 0 unspecified atom stereocenters. The summed E-state index contributed by atoms with van der Waals surface area (Å²) in [7, 11) is 0. The predicted molar refractivity (Wildman–Crippen MR) is 214 cm³/mol. The van der Waals surface area contributed by atoms with Crippen LogP contribution in [0.2, 0.25) is 0 Å². The first-order chi connectivity index (χ1) is 25.1. The van der Waals surface area contributed by atoms with Crippen molar-refractivity contribution in [3.05, 3.63) is 193 Å². The molecule has 9 aromatic rings. The van der Waals surface area contributed by atoms with Crippen LogP contribution >= 0.6 is 11.3 Å². The molecule has 0 spiro atoms. The molecule has 0 radical (unpaired) electrons. The SMILES string of the molecule is CC1(c2cccc(-c3cc(-c4ccccc4-c4ccc5sc6ccccc6c5c4)nc(-c4ccccc4)n3)c2)c2ccccc2-c2ccccc21. The minimum atomic E-state index is -0.293. The largest absolute Gasteiger partial charge is 0.228 e. The number of fused-ring (bicyclic) bond motifs is 6. The van der Waals surface area contributed by atoms with E-state index in [1.807, 2.05) is 17.4 Å². The standard InChI is InChI=1S/C48H32N2S/c1-48(41-23-10-7-19-36(41)37-20-8-11-24-42(37)48)34-17-13-16-33(28-34)43-30-44(50-47(49-43)31-14-3-2-4-15-31)38-21-6-5-18-35(38)32-26-27-46-40(29-32)39-22-9-12-25-45(39)51-46/h2-30H,1H3. The van der Waals surface area contributed by atoms with Crippen LogP contribution in [0, 0.1) is 0 Å². The van der Waals surface area contributed by atoms with Crippen LogP contribution in [0.15, 0.2) is 176 Å². The molecule has 0 bridgehead atoms. The average molecular weight is 669 g/mol. The summed E-state index contributed by atoms with van der Waals surface area (Å²) >= 11 is 1.85. The van der Waals surface area contributed by atoms with Crippen molar-refractivity contribution in [3.63, 3.8) is 0 Å². The lowest BCUT2D eigenvalue weighted by Gasteiger charge is -2.28. The smallest absolute Gasteiger partial charge is 0.160 e. The summed E-state index contributed by atoms with van der Waals surface area (Å²) in [6.45, 7) is 2.36. The molecular weight excluding hydrogens is 637 g/mol. The Morgan fingerprint density at radius 1 is 0.412 bits per heavy atom. The quantitative estimate of drug-likeness (QED) is 0.182. The molecule has 240 valence electrons. The Labute approximate surface area is 301 Å². The van der Waals surface area contributed by atoms with Crippen molar-refractivity contribution in [2.24, 2.45) is 0 Å². The van der Waals surface area contributed by atoms with Crippen LogP contribution in [0.3, 0.4) is 0 Å². The first-order valence-electron chi connectivity index (χ1n) is 17.4. The number of rotatable bonds is 5. The Hall–Kier alpha value is -6.16. The van der Waals surface area contributed by atoms with E-state index in [2.05, 4.69) is 177 Å². The van der Waals surface area contributed by atoms with Crippen molar-refractivity contribution in [2.75, 3.05) is 0 Å². The minimum absolute atomic E-state index is 0.293. The second kappa shape index (κ2) is 11.7. The van der Waals surface area contributed by atoms with Gasteiger partial charge in [-0.05, 0) is 76.2 Å². The monoisotopic (exact) mass is 668 g/mol. The fourth-order valence-corrected chi connectivity index (χ4v) is 9.14. The topological polar surface area (TPSA) is 25.8 Å². The van der Waals surface area contributed by atoms with Gasteiger partial charge in [-0.25, -0.2) is 9.97 Å². The zero-order chi connectivity index (χ0) is 33.9. The lowest BCUT2D eigenvalue weighted by Crippen LogP contribution is -2.22. The van der Waals surface area contributed by atoms with E-state index in [-0.39, 0.29) is 5.41 Å². The van der Waals surface area contributed by atoms with E-state index in [0.29, 0.717) is 5.82 Å². The fraction of sp³-hybridized carbons (Fsp3) is 0.0417. The summed E-state index contributed by atoms with van der Waals surface area (Å²) in [5.74, 6) is 0.713. The molecule has 1 aliphatic rings. The third-order valence-electron chi connectivity index (χ3n) is 10.6. The molecule has 51 heavy (non-hydrogen) atoms. The highest BCUT2D eigenvalue weighted by Crippen LogP contribution is 2.52. The molecule has 0 fully saturated rings. The van der Waals surface area contributed by atoms with Crippen molar-refractivity contribution in [3.8, 4) is 56.2 Å². The number of hydrogen-bond acceptors (Lipinski definition) is 3. The highest BCUT2D eigenvalue weighted by Gasteiger charge is 2.40. The van der Waals surface area contributed by atoms with Crippen LogP contribution in [0.25, 0.3) is 76.3 Å². The molecule has 3 heteroatoms. The molecule has 0 amide bonds. The van der Waals surface area contributed by atoms with E-state index in [9.17, 15) is 0 Å². The van der Waals surface area contributed by atoms with Gasteiger partial charge in [0.15, 0.2) is 5.82 Å². The fourth-order valence-electron chi connectivity index (χ4n) is 8.05. The lowest BCUT2D eigenvalue weighted by atomic mass is 9.74. The average Bonchev–Trinajstić information content (AvgIpc) is 3.71. The van der Waals surface area contributed by atoms with Gasteiger partial charge in [0, 0.05) is 42.3 Å². The zero-order valence-corrected chi connectivity index (χ0v) is 28.9.